The third kappa shape index (κ3) is 3.61. The third-order valence-corrected chi connectivity index (χ3v) is 6.26. The molecule has 0 bridgehead atoms. The molecule has 1 atom stereocenters. The van der Waals surface area contributed by atoms with Crippen LogP contribution in [0.15, 0.2) is 71.1 Å². The number of nitrogens with zero attached hydrogens (tertiary/aromatic N) is 1. The van der Waals surface area contributed by atoms with Gasteiger partial charge in [0.05, 0.1) is 10.9 Å². The van der Waals surface area contributed by atoms with Gasteiger partial charge in [0.25, 0.3) is 0 Å². The summed E-state index contributed by atoms with van der Waals surface area (Å²) in [6, 6.07) is 14.6. The minimum atomic E-state index is -3.87. The van der Waals surface area contributed by atoms with Crippen LogP contribution >= 0.6 is 11.6 Å². The Kier molecular flexibility index (Phi) is 4.94. The molecule has 0 aliphatic carbocycles. The van der Waals surface area contributed by atoms with E-state index in [9.17, 15) is 18.3 Å². The molecule has 2 aromatic carbocycles. The second-order valence-electron chi connectivity index (χ2n) is 5.70. The lowest BCUT2D eigenvalue weighted by atomic mass is 9.98. The van der Waals surface area contributed by atoms with E-state index in [2.05, 4.69) is 0 Å². The fourth-order valence-corrected chi connectivity index (χ4v) is 4.57. The first-order valence-electron chi connectivity index (χ1n) is 7.64. The number of carboxylic acid groups (broad SMARTS) is 1. The lowest BCUT2D eigenvalue weighted by Crippen LogP contribution is -2.39. The van der Waals surface area contributed by atoms with Gasteiger partial charge in [-0.15, -0.1) is 0 Å². The van der Waals surface area contributed by atoms with Crippen LogP contribution in [0.5, 0.6) is 0 Å². The molecule has 1 N–H and O–H groups in total. The predicted octanol–water partition coefficient (Wildman–Crippen LogP) is 3.49. The molecule has 2 aromatic rings. The van der Waals surface area contributed by atoms with Crippen molar-refractivity contribution in [1.29, 1.82) is 0 Å². The van der Waals surface area contributed by atoms with Crippen LogP contribution in [0.25, 0.3) is 0 Å². The zero-order valence-electron chi connectivity index (χ0n) is 13.2. The molecule has 0 spiro atoms. The van der Waals surface area contributed by atoms with E-state index in [1.54, 1.807) is 6.08 Å². The lowest BCUT2D eigenvalue weighted by Gasteiger charge is -2.34. The number of hydrogen-bond donors (Lipinski definition) is 1. The van der Waals surface area contributed by atoms with E-state index in [4.69, 9.17) is 11.6 Å². The molecule has 3 rings (SSSR count). The second-order valence-corrected chi connectivity index (χ2v) is 8.03. The Morgan fingerprint density at radius 2 is 1.72 bits per heavy atom. The van der Waals surface area contributed by atoms with E-state index in [1.165, 1.54) is 28.6 Å². The van der Waals surface area contributed by atoms with Crippen molar-refractivity contribution in [2.75, 3.05) is 6.54 Å². The van der Waals surface area contributed by atoms with Crippen molar-refractivity contribution >= 4 is 27.6 Å². The molecule has 5 nitrogen and oxygen atoms in total. The monoisotopic (exact) mass is 377 g/mol. The fourth-order valence-electron chi connectivity index (χ4n) is 2.84. The molecular formula is C18H16ClNO4S. The summed E-state index contributed by atoms with van der Waals surface area (Å²) in [7, 11) is -3.87. The second kappa shape index (κ2) is 7.00. The molecule has 0 saturated heterocycles. The first kappa shape index (κ1) is 17.7. The number of sulfonamides is 1. The van der Waals surface area contributed by atoms with E-state index in [0.717, 1.165) is 5.56 Å². The highest BCUT2D eigenvalue weighted by Gasteiger charge is 2.36. The number of rotatable bonds is 4. The van der Waals surface area contributed by atoms with Gasteiger partial charge in [-0.3, -0.25) is 0 Å². The molecule has 25 heavy (non-hydrogen) atoms. The van der Waals surface area contributed by atoms with Gasteiger partial charge in [-0.25, -0.2) is 13.2 Å². The standard InChI is InChI=1S/C18H16ClNO4S/c19-15-7-9-16(10-8-15)25(23,24)20-12-14(18(21)22)6-11-17(20)13-4-2-1-3-5-13/h1-10,17H,11-12H2,(H,21,22). The summed E-state index contributed by atoms with van der Waals surface area (Å²) in [6.45, 7) is -0.181. The SMILES string of the molecule is O=C(O)C1=CCC(c2ccccc2)N(S(=O)(=O)c2ccc(Cl)cc2)C1. The minimum absolute atomic E-state index is 0.0738. The van der Waals surface area contributed by atoms with Crippen LogP contribution in [0.4, 0.5) is 0 Å². The number of carbonyl (C=O) groups is 1. The molecule has 1 unspecified atom stereocenters. The van der Waals surface area contributed by atoms with Gasteiger partial charge in [0.2, 0.25) is 10.0 Å². The van der Waals surface area contributed by atoms with Gasteiger partial charge < -0.3 is 5.11 Å². The Balaban J connectivity index is 2.06. The molecule has 1 aliphatic heterocycles. The molecule has 1 aliphatic rings. The van der Waals surface area contributed by atoms with Crippen molar-refractivity contribution in [2.24, 2.45) is 0 Å². The summed E-state index contributed by atoms with van der Waals surface area (Å²) in [5, 5.41) is 9.71. The number of hydrogen-bond acceptors (Lipinski definition) is 3. The zero-order chi connectivity index (χ0) is 18.0. The van der Waals surface area contributed by atoms with Crippen molar-refractivity contribution in [3.63, 3.8) is 0 Å². The van der Waals surface area contributed by atoms with Crippen LogP contribution in [-0.4, -0.2) is 30.3 Å². The van der Waals surface area contributed by atoms with Crippen LogP contribution < -0.4 is 0 Å². The van der Waals surface area contributed by atoms with Crippen molar-refractivity contribution in [1.82, 2.24) is 4.31 Å². The van der Waals surface area contributed by atoms with E-state index in [0.29, 0.717) is 11.4 Å². The Labute approximate surface area is 151 Å². The largest absolute Gasteiger partial charge is 0.478 e. The van der Waals surface area contributed by atoms with E-state index in [1.807, 2.05) is 30.3 Å². The lowest BCUT2D eigenvalue weighted by molar-refractivity contribution is -0.133. The average molecular weight is 378 g/mol. The van der Waals surface area contributed by atoms with Crippen LogP contribution in [0.3, 0.4) is 0 Å². The van der Waals surface area contributed by atoms with Gasteiger partial charge in [0.1, 0.15) is 0 Å². The Bertz CT molecular complexity index is 908. The van der Waals surface area contributed by atoms with Gasteiger partial charge in [-0.2, -0.15) is 4.31 Å². The smallest absolute Gasteiger partial charge is 0.332 e. The quantitative estimate of drug-likeness (QED) is 0.885. The summed E-state index contributed by atoms with van der Waals surface area (Å²) in [4.78, 5) is 11.4. The predicted molar refractivity (Wildman–Crippen MR) is 94.9 cm³/mol. The maximum Gasteiger partial charge on any atom is 0.332 e. The van der Waals surface area contributed by atoms with E-state index in [-0.39, 0.29) is 17.0 Å². The van der Waals surface area contributed by atoms with E-state index >= 15 is 0 Å². The average Bonchev–Trinajstić information content (AvgIpc) is 2.62. The van der Waals surface area contributed by atoms with Crippen molar-refractivity contribution in [2.45, 2.75) is 17.4 Å². The van der Waals surface area contributed by atoms with Crippen LogP contribution in [0.2, 0.25) is 5.02 Å². The molecule has 0 aromatic heterocycles. The maximum atomic E-state index is 13.1. The summed E-state index contributed by atoms with van der Waals surface area (Å²) in [5.74, 6) is -1.11. The van der Waals surface area contributed by atoms with Crippen molar-refractivity contribution in [3.05, 3.63) is 76.8 Å². The number of halogens is 1. The molecule has 0 amide bonds. The highest BCUT2D eigenvalue weighted by atomic mass is 35.5. The van der Waals surface area contributed by atoms with Crippen molar-refractivity contribution < 1.29 is 18.3 Å². The maximum absolute atomic E-state index is 13.1. The Morgan fingerprint density at radius 1 is 1.08 bits per heavy atom. The van der Waals surface area contributed by atoms with Crippen molar-refractivity contribution in [3.8, 4) is 0 Å². The highest BCUT2D eigenvalue weighted by molar-refractivity contribution is 7.89. The molecule has 0 radical (unpaired) electrons. The topological polar surface area (TPSA) is 74.7 Å². The molecule has 0 saturated carbocycles. The molecule has 130 valence electrons. The normalized spacial score (nSPS) is 18.6. The van der Waals surface area contributed by atoms with E-state index < -0.39 is 22.0 Å². The summed E-state index contributed by atoms with van der Waals surface area (Å²) in [6.07, 6.45) is 1.90. The van der Waals surface area contributed by atoms with Gasteiger partial charge >= 0.3 is 5.97 Å². The summed E-state index contributed by atoms with van der Waals surface area (Å²) >= 11 is 5.84. The van der Waals surface area contributed by atoms with Gasteiger partial charge in [-0.05, 0) is 36.2 Å². The summed E-state index contributed by atoms with van der Waals surface area (Å²) < 4.78 is 27.5. The highest BCUT2D eigenvalue weighted by Crippen LogP contribution is 2.35. The Morgan fingerprint density at radius 3 is 2.32 bits per heavy atom. The Hall–Kier alpha value is -2.15. The number of benzene rings is 2. The molecular weight excluding hydrogens is 362 g/mol. The van der Waals surface area contributed by atoms with Gasteiger partial charge in [-0.1, -0.05) is 48.0 Å². The first-order valence-corrected chi connectivity index (χ1v) is 9.46. The minimum Gasteiger partial charge on any atom is -0.478 e. The van der Waals surface area contributed by atoms with Crippen LogP contribution in [0.1, 0.15) is 18.0 Å². The molecule has 1 heterocycles. The third-order valence-electron chi connectivity index (χ3n) is 4.14. The molecule has 0 fully saturated rings. The van der Waals surface area contributed by atoms with Crippen LogP contribution in [0, 0.1) is 0 Å². The van der Waals surface area contributed by atoms with Gasteiger partial charge in [0.15, 0.2) is 0 Å². The number of aliphatic carboxylic acids is 1. The summed E-state index contributed by atoms with van der Waals surface area (Å²) in [5.41, 5.74) is 0.894. The molecule has 7 heteroatoms. The van der Waals surface area contributed by atoms with Crippen LogP contribution in [-0.2, 0) is 14.8 Å². The number of carboxylic acids is 1. The fraction of sp³-hybridized carbons (Fsp3) is 0.167. The van der Waals surface area contributed by atoms with Gasteiger partial charge in [0, 0.05) is 17.1 Å². The zero-order valence-corrected chi connectivity index (χ0v) is 14.7. The first-order chi connectivity index (χ1) is 11.9.